The van der Waals surface area contributed by atoms with Crippen LogP contribution in [0.15, 0.2) is 103 Å². The van der Waals surface area contributed by atoms with E-state index in [4.69, 9.17) is 0 Å². The second kappa shape index (κ2) is 6.78. The second-order valence-corrected chi connectivity index (χ2v) is 6.40. The van der Waals surface area contributed by atoms with E-state index in [-0.39, 0.29) is 0 Å². The van der Waals surface area contributed by atoms with E-state index < -0.39 is 0 Å². The van der Waals surface area contributed by atoms with Gasteiger partial charge in [0.15, 0.2) is 0 Å². The maximum atomic E-state index is 2.28. The van der Waals surface area contributed by atoms with Crippen molar-refractivity contribution in [2.45, 2.75) is 6.92 Å². The first-order valence-corrected chi connectivity index (χ1v) is 8.62. The van der Waals surface area contributed by atoms with E-state index >= 15 is 0 Å². The molecule has 0 aliphatic carbocycles. The van der Waals surface area contributed by atoms with Crippen molar-refractivity contribution < 1.29 is 0 Å². The molecule has 0 spiro atoms. The summed E-state index contributed by atoms with van der Waals surface area (Å²) < 4.78 is 0. The van der Waals surface area contributed by atoms with Gasteiger partial charge in [0.1, 0.15) is 0 Å². The van der Waals surface area contributed by atoms with Crippen LogP contribution in [0.25, 0.3) is 33.4 Å². The van der Waals surface area contributed by atoms with Crippen molar-refractivity contribution in [2.24, 2.45) is 0 Å². The van der Waals surface area contributed by atoms with Crippen LogP contribution in [-0.2, 0) is 0 Å². The van der Waals surface area contributed by atoms with Gasteiger partial charge < -0.3 is 0 Å². The van der Waals surface area contributed by atoms with Crippen molar-refractivity contribution in [3.8, 4) is 33.4 Å². The fourth-order valence-electron chi connectivity index (χ4n) is 3.21. The Bertz CT molecular complexity index is 997. The third-order valence-corrected chi connectivity index (χ3v) is 4.52. The highest BCUT2D eigenvalue weighted by atomic mass is 14.1. The maximum Gasteiger partial charge on any atom is -0.0178 e. The molecule has 0 saturated carbocycles. The van der Waals surface area contributed by atoms with Crippen LogP contribution in [-0.4, -0.2) is 0 Å². The summed E-state index contributed by atoms with van der Waals surface area (Å²) in [7, 11) is 0. The van der Waals surface area contributed by atoms with E-state index in [1.54, 1.807) is 0 Å². The van der Waals surface area contributed by atoms with Crippen LogP contribution in [0.1, 0.15) is 5.56 Å². The minimum atomic E-state index is 1.25. The summed E-state index contributed by atoms with van der Waals surface area (Å²) in [5, 5.41) is 0. The van der Waals surface area contributed by atoms with Gasteiger partial charge in [-0.2, -0.15) is 0 Å². The second-order valence-electron chi connectivity index (χ2n) is 6.40. The van der Waals surface area contributed by atoms with Crippen molar-refractivity contribution in [1.29, 1.82) is 0 Å². The van der Waals surface area contributed by atoms with Gasteiger partial charge >= 0.3 is 0 Å². The van der Waals surface area contributed by atoms with Gasteiger partial charge in [-0.25, -0.2) is 0 Å². The number of rotatable bonds is 3. The Morgan fingerprint density at radius 2 is 0.760 bits per heavy atom. The molecule has 0 N–H and O–H groups in total. The highest BCUT2D eigenvalue weighted by molar-refractivity contribution is 5.77. The molecule has 0 amide bonds. The zero-order chi connectivity index (χ0) is 17.1. The highest BCUT2D eigenvalue weighted by Crippen LogP contribution is 2.29. The van der Waals surface area contributed by atoms with Crippen LogP contribution in [0.2, 0.25) is 0 Å². The van der Waals surface area contributed by atoms with Gasteiger partial charge in [-0.3, -0.25) is 0 Å². The summed E-state index contributed by atoms with van der Waals surface area (Å²) in [5.41, 5.74) is 8.80. The zero-order valence-electron chi connectivity index (χ0n) is 14.3. The predicted octanol–water partition coefficient (Wildman–Crippen LogP) is 7.00. The zero-order valence-corrected chi connectivity index (χ0v) is 14.3. The number of aryl methyl sites for hydroxylation is 1. The summed E-state index contributed by atoms with van der Waals surface area (Å²) >= 11 is 0. The van der Waals surface area contributed by atoms with Gasteiger partial charge in [0.2, 0.25) is 0 Å². The molecule has 120 valence electrons. The molecular formula is C25H20. The van der Waals surface area contributed by atoms with Crippen LogP contribution in [0.3, 0.4) is 0 Å². The molecule has 0 nitrogen and oxygen atoms in total. The molecule has 4 aromatic carbocycles. The molecule has 0 atom stereocenters. The number of hydrogen-bond acceptors (Lipinski definition) is 0. The molecule has 0 aliphatic heterocycles. The maximum absolute atomic E-state index is 2.28. The lowest BCUT2D eigenvalue weighted by Gasteiger charge is -2.09. The average Bonchev–Trinajstić information content (AvgIpc) is 2.69. The van der Waals surface area contributed by atoms with Crippen molar-refractivity contribution in [2.75, 3.05) is 0 Å². The molecule has 0 radical (unpaired) electrons. The number of hydrogen-bond donors (Lipinski definition) is 0. The molecule has 0 fully saturated rings. The van der Waals surface area contributed by atoms with E-state index in [1.807, 2.05) is 0 Å². The van der Waals surface area contributed by atoms with Gasteiger partial charge in [-0.05, 0) is 52.4 Å². The SMILES string of the molecule is Cc1cccc(-c2cccc(-c3cccc(-c4ccccc4)c3)c2)c1. The lowest BCUT2D eigenvalue weighted by molar-refractivity contribution is 1.47. The monoisotopic (exact) mass is 320 g/mol. The Balaban J connectivity index is 1.75. The van der Waals surface area contributed by atoms with Crippen LogP contribution in [0.5, 0.6) is 0 Å². The van der Waals surface area contributed by atoms with Crippen LogP contribution < -0.4 is 0 Å². The van der Waals surface area contributed by atoms with Crippen LogP contribution in [0, 0.1) is 6.92 Å². The smallest absolute Gasteiger partial charge is 0.0178 e. The van der Waals surface area contributed by atoms with Gasteiger partial charge in [0, 0.05) is 0 Å². The summed E-state index contributed by atoms with van der Waals surface area (Å²) in [6.07, 6.45) is 0. The molecule has 0 heteroatoms. The van der Waals surface area contributed by atoms with Gasteiger partial charge in [0.05, 0.1) is 0 Å². The van der Waals surface area contributed by atoms with Gasteiger partial charge in [-0.15, -0.1) is 0 Å². The average molecular weight is 320 g/mol. The first-order valence-electron chi connectivity index (χ1n) is 8.62. The minimum absolute atomic E-state index is 1.25. The van der Waals surface area contributed by atoms with Gasteiger partial charge in [-0.1, -0.05) is 96.6 Å². The molecule has 0 heterocycles. The van der Waals surface area contributed by atoms with E-state index in [0.29, 0.717) is 0 Å². The predicted molar refractivity (Wildman–Crippen MR) is 107 cm³/mol. The summed E-state index contributed by atoms with van der Waals surface area (Å²) in [6.45, 7) is 2.14. The van der Waals surface area contributed by atoms with Crippen molar-refractivity contribution in [3.63, 3.8) is 0 Å². The van der Waals surface area contributed by atoms with Crippen molar-refractivity contribution in [3.05, 3.63) is 109 Å². The molecule has 0 saturated heterocycles. The molecule has 0 bridgehead atoms. The summed E-state index contributed by atoms with van der Waals surface area (Å²) in [6, 6.07) is 36.7. The van der Waals surface area contributed by atoms with Crippen LogP contribution >= 0.6 is 0 Å². The standard InChI is InChI=1S/C25H20/c1-19-8-5-11-21(16-19)23-13-7-15-25(18-23)24-14-6-12-22(17-24)20-9-3-2-4-10-20/h2-18H,1H3. The van der Waals surface area contributed by atoms with E-state index in [1.165, 1.54) is 38.9 Å². The minimum Gasteiger partial charge on any atom is -0.0622 e. The molecule has 25 heavy (non-hydrogen) atoms. The van der Waals surface area contributed by atoms with Crippen molar-refractivity contribution >= 4 is 0 Å². The topological polar surface area (TPSA) is 0 Å². The molecular weight excluding hydrogens is 300 g/mol. The first kappa shape index (κ1) is 15.4. The summed E-state index contributed by atoms with van der Waals surface area (Å²) in [5.74, 6) is 0. The molecule has 4 rings (SSSR count). The van der Waals surface area contributed by atoms with Crippen LogP contribution in [0.4, 0.5) is 0 Å². The molecule has 0 aromatic heterocycles. The molecule has 0 unspecified atom stereocenters. The quantitative estimate of drug-likeness (QED) is 0.381. The third-order valence-electron chi connectivity index (χ3n) is 4.52. The Morgan fingerprint density at radius 1 is 0.360 bits per heavy atom. The fraction of sp³-hybridized carbons (Fsp3) is 0.0400. The lowest BCUT2D eigenvalue weighted by Crippen LogP contribution is -1.84. The Labute approximate surface area is 149 Å². The molecule has 0 aliphatic rings. The number of benzene rings is 4. The Morgan fingerprint density at radius 3 is 1.28 bits per heavy atom. The first-order chi connectivity index (χ1) is 12.3. The van der Waals surface area contributed by atoms with E-state index in [0.717, 1.165) is 0 Å². The fourth-order valence-corrected chi connectivity index (χ4v) is 3.21. The van der Waals surface area contributed by atoms with E-state index in [2.05, 4.69) is 110 Å². The lowest BCUT2D eigenvalue weighted by atomic mass is 9.96. The summed E-state index contributed by atoms with van der Waals surface area (Å²) in [4.78, 5) is 0. The van der Waals surface area contributed by atoms with Crippen molar-refractivity contribution in [1.82, 2.24) is 0 Å². The van der Waals surface area contributed by atoms with E-state index in [9.17, 15) is 0 Å². The normalized spacial score (nSPS) is 10.6. The largest absolute Gasteiger partial charge is 0.0622 e. The van der Waals surface area contributed by atoms with Gasteiger partial charge in [0.25, 0.3) is 0 Å². The Kier molecular flexibility index (Phi) is 4.18. The highest BCUT2D eigenvalue weighted by Gasteiger charge is 2.04. The third kappa shape index (κ3) is 3.39. The Hall–Kier alpha value is -3.12. The molecule has 4 aromatic rings.